The molecule has 2 atom stereocenters. The number of primary amides is 1. The summed E-state index contributed by atoms with van der Waals surface area (Å²) in [6, 6.07) is -0.690. The number of carboxylic acids is 1. The van der Waals surface area contributed by atoms with Crippen LogP contribution < -0.4 is 5.73 Å². The number of β-amino-alcohol motifs (C(OH)–C–C–N with tert-alkyl or cyclic N) is 1. The van der Waals surface area contributed by atoms with Gasteiger partial charge in [-0.2, -0.15) is 0 Å². The van der Waals surface area contributed by atoms with Gasteiger partial charge in [0.25, 0.3) is 0 Å². The molecule has 6 heteroatoms. The summed E-state index contributed by atoms with van der Waals surface area (Å²) < 4.78 is 0. The number of aliphatic hydroxyl groups is 1. The second kappa shape index (κ2) is 4.39. The van der Waals surface area contributed by atoms with E-state index in [2.05, 4.69) is 0 Å². The van der Waals surface area contributed by atoms with Gasteiger partial charge in [-0.25, -0.2) is 0 Å². The third kappa shape index (κ3) is 2.68. The van der Waals surface area contributed by atoms with E-state index < -0.39 is 24.0 Å². The summed E-state index contributed by atoms with van der Waals surface area (Å²) in [5, 5.41) is 18.1. The summed E-state index contributed by atoms with van der Waals surface area (Å²) in [6.45, 7) is 0.591. The van der Waals surface area contributed by atoms with E-state index >= 15 is 0 Å². The molecule has 2 unspecified atom stereocenters. The molecule has 0 radical (unpaired) electrons. The van der Waals surface area contributed by atoms with Crippen LogP contribution in [0.4, 0.5) is 0 Å². The highest BCUT2D eigenvalue weighted by Crippen LogP contribution is 2.17. The fourth-order valence-electron chi connectivity index (χ4n) is 1.64. The molecule has 0 aromatic carbocycles. The fraction of sp³-hybridized carbons (Fsp3) is 0.750. The number of hydrogen-bond acceptors (Lipinski definition) is 4. The van der Waals surface area contributed by atoms with Crippen LogP contribution in [0.2, 0.25) is 0 Å². The van der Waals surface area contributed by atoms with Crippen molar-refractivity contribution in [2.45, 2.75) is 25.0 Å². The van der Waals surface area contributed by atoms with Crippen LogP contribution in [-0.2, 0) is 9.59 Å². The first-order valence-corrected chi connectivity index (χ1v) is 4.44. The highest BCUT2D eigenvalue weighted by molar-refractivity contribution is 5.75. The Morgan fingerprint density at radius 3 is 2.64 bits per heavy atom. The van der Waals surface area contributed by atoms with Gasteiger partial charge in [0.2, 0.25) is 5.91 Å². The van der Waals surface area contributed by atoms with E-state index in [0.717, 1.165) is 0 Å². The average molecular weight is 202 g/mol. The maximum Gasteiger partial charge on any atom is 0.321 e. The van der Waals surface area contributed by atoms with Gasteiger partial charge in [0.05, 0.1) is 6.10 Å². The van der Waals surface area contributed by atoms with Crippen molar-refractivity contribution in [2.24, 2.45) is 5.73 Å². The third-order valence-electron chi connectivity index (χ3n) is 2.31. The number of aliphatic hydroxyl groups excluding tert-OH is 1. The summed E-state index contributed by atoms with van der Waals surface area (Å²) in [5.74, 6) is -1.43. The zero-order chi connectivity index (χ0) is 10.7. The van der Waals surface area contributed by atoms with Crippen molar-refractivity contribution in [1.82, 2.24) is 4.90 Å². The lowest BCUT2D eigenvalue weighted by Gasteiger charge is -2.19. The molecule has 80 valence electrons. The van der Waals surface area contributed by atoms with Crippen LogP contribution in [0.25, 0.3) is 0 Å². The summed E-state index contributed by atoms with van der Waals surface area (Å²) >= 11 is 0. The predicted molar refractivity (Wildman–Crippen MR) is 47.4 cm³/mol. The van der Waals surface area contributed by atoms with Gasteiger partial charge >= 0.3 is 5.97 Å². The summed E-state index contributed by atoms with van der Waals surface area (Å²) in [5.41, 5.74) is 4.95. The van der Waals surface area contributed by atoms with E-state index in [1.807, 2.05) is 0 Å². The Morgan fingerprint density at radius 1 is 1.50 bits per heavy atom. The minimum atomic E-state index is -0.967. The van der Waals surface area contributed by atoms with E-state index in [1.165, 1.54) is 0 Å². The number of rotatable bonds is 4. The van der Waals surface area contributed by atoms with Crippen molar-refractivity contribution in [2.75, 3.05) is 13.1 Å². The average Bonchev–Trinajstić information content (AvgIpc) is 2.43. The van der Waals surface area contributed by atoms with Crippen LogP contribution in [0.15, 0.2) is 0 Å². The molecule has 0 bridgehead atoms. The van der Waals surface area contributed by atoms with Gasteiger partial charge < -0.3 is 15.9 Å². The van der Waals surface area contributed by atoms with Crippen LogP contribution in [0.3, 0.4) is 0 Å². The summed E-state index contributed by atoms with van der Waals surface area (Å²) in [7, 11) is 0. The largest absolute Gasteiger partial charge is 0.480 e. The smallest absolute Gasteiger partial charge is 0.321 e. The monoisotopic (exact) mass is 202 g/mol. The van der Waals surface area contributed by atoms with Crippen LogP contribution in [0.1, 0.15) is 12.8 Å². The molecule has 1 rings (SSSR count). The number of aliphatic carboxylic acids is 1. The van der Waals surface area contributed by atoms with Crippen molar-refractivity contribution >= 4 is 11.9 Å². The number of likely N-dealkylation sites (tertiary alicyclic amines) is 1. The van der Waals surface area contributed by atoms with Gasteiger partial charge in [-0.05, 0) is 0 Å². The van der Waals surface area contributed by atoms with Crippen molar-refractivity contribution in [1.29, 1.82) is 0 Å². The number of nitrogens with zero attached hydrogens (tertiary/aromatic N) is 1. The first kappa shape index (κ1) is 10.9. The molecule has 1 aliphatic heterocycles. The lowest BCUT2D eigenvalue weighted by atomic mass is 10.2. The first-order chi connectivity index (χ1) is 6.50. The number of carbonyl (C=O) groups excluding carboxylic acids is 1. The van der Waals surface area contributed by atoms with Crippen LogP contribution in [-0.4, -0.2) is 52.2 Å². The summed E-state index contributed by atoms with van der Waals surface area (Å²) in [6.07, 6.45) is -0.283. The first-order valence-electron chi connectivity index (χ1n) is 4.44. The van der Waals surface area contributed by atoms with Gasteiger partial charge in [-0.3, -0.25) is 14.5 Å². The molecule has 4 N–H and O–H groups in total. The molecule has 0 aromatic rings. The van der Waals surface area contributed by atoms with Crippen molar-refractivity contribution < 1.29 is 19.8 Å². The normalized spacial score (nSPS) is 27.8. The predicted octanol–water partition coefficient (Wildman–Crippen LogP) is -1.62. The van der Waals surface area contributed by atoms with Crippen LogP contribution >= 0.6 is 0 Å². The van der Waals surface area contributed by atoms with Gasteiger partial charge in [0, 0.05) is 25.9 Å². The molecule has 14 heavy (non-hydrogen) atoms. The molecule has 1 fully saturated rings. The van der Waals surface area contributed by atoms with E-state index in [1.54, 1.807) is 4.90 Å². The standard InChI is InChI=1S/C8H14N2O4/c9-7(12)1-2-10-4-5(11)3-6(10)8(13)14/h5-6,11H,1-4H2,(H2,9,12)(H,13,14). The molecule has 0 aliphatic carbocycles. The molecule has 1 amide bonds. The molecule has 0 spiro atoms. The zero-order valence-corrected chi connectivity index (χ0v) is 7.72. The maximum atomic E-state index is 10.7. The Morgan fingerprint density at radius 2 is 2.14 bits per heavy atom. The van der Waals surface area contributed by atoms with Crippen LogP contribution in [0.5, 0.6) is 0 Å². The number of carbonyl (C=O) groups is 2. The quantitative estimate of drug-likeness (QED) is 0.508. The molecule has 6 nitrogen and oxygen atoms in total. The molecule has 1 aliphatic rings. The number of carboxylic acid groups (broad SMARTS) is 1. The second-order valence-electron chi connectivity index (χ2n) is 3.45. The highest BCUT2D eigenvalue weighted by atomic mass is 16.4. The van der Waals surface area contributed by atoms with Crippen molar-refractivity contribution in [3.05, 3.63) is 0 Å². The third-order valence-corrected chi connectivity index (χ3v) is 2.31. The Labute approximate surface area is 81.3 Å². The van der Waals surface area contributed by atoms with Crippen LogP contribution in [0, 0.1) is 0 Å². The highest BCUT2D eigenvalue weighted by Gasteiger charge is 2.35. The van der Waals surface area contributed by atoms with Gasteiger partial charge in [-0.15, -0.1) is 0 Å². The van der Waals surface area contributed by atoms with E-state index in [-0.39, 0.29) is 12.8 Å². The number of amides is 1. The fourth-order valence-corrected chi connectivity index (χ4v) is 1.64. The van der Waals surface area contributed by atoms with Gasteiger partial charge in [-0.1, -0.05) is 0 Å². The van der Waals surface area contributed by atoms with E-state index in [9.17, 15) is 14.7 Å². The second-order valence-corrected chi connectivity index (χ2v) is 3.45. The summed E-state index contributed by atoms with van der Waals surface area (Å²) in [4.78, 5) is 22.8. The van der Waals surface area contributed by atoms with E-state index in [0.29, 0.717) is 13.1 Å². The Kier molecular flexibility index (Phi) is 3.43. The SMILES string of the molecule is NC(=O)CCN1CC(O)CC1C(=O)O. The molecule has 0 saturated carbocycles. The number of nitrogens with two attached hydrogens (primary N) is 1. The van der Waals surface area contributed by atoms with Crippen molar-refractivity contribution in [3.63, 3.8) is 0 Å². The topological polar surface area (TPSA) is 104 Å². The lowest BCUT2D eigenvalue weighted by Crippen LogP contribution is -2.37. The lowest BCUT2D eigenvalue weighted by molar-refractivity contribution is -0.142. The zero-order valence-electron chi connectivity index (χ0n) is 7.72. The Hall–Kier alpha value is -1.14. The van der Waals surface area contributed by atoms with Gasteiger partial charge in [0.1, 0.15) is 6.04 Å². The minimum Gasteiger partial charge on any atom is -0.480 e. The van der Waals surface area contributed by atoms with Gasteiger partial charge in [0.15, 0.2) is 0 Å². The molecular weight excluding hydrogens is 188 g/mol. The molecule has 0 aromatic heterocycles. The molecular formula is C8H14N2O4. The Bertz CT molecular complexity index is 243. The Balaban J connectivity index is 2.49. The van der Waals surface area contributed by atoms with Crippen molar-refractivity contribution in [3.8, 4) is 0 Å². The van der Waals surface area contributed by atoms with E-state index in [4.69, 9.17) is 10.8 Å². The minimum absolute atomic E-state index is 0.122. The number of hydrogen-bond donors (Lipinski definition) is 3. The molecule has 1 heterocycles. The maximum absolute atomic E-state index is 10.7. The molecule has 1 saturated heterocycles.